The summed E-state index contributed by atoms with van der Waals surface area (Å²) in [6.07, 6.45) is 3.69. The Morgan fingerprint density at radius 2 is 2.04 bits per heavy atom. The van der Waals surface area contributed by atoms with Crippen LogP contribution in [0.4, 0.5) is 0 Å². The Balaban J connectivity index is 1.83. The van der Waals surface area contributed by atoms with E-state index in [0.717, 1.165) is 5.56 Å². The lowest BCUT2D eigenvalue weighted by Crippen LogP contribution is -2.34. The van der Waals surface area contributed by atoms with E-state index in [0.29, 0.717) is 17.9 Å². The summed E-state index contributed by atoms with van der Waals surface area (Å²) in [5.41, 5.74) is 1.45. The van der Waals surface area contributed by atoms with E-state index in [1.165, 1.54) is 0 Å². The second kappa shape index (κ2) is 9.42. The van der Waals surface area contributed by atoms with Crippen molar-refractivity contribution < 1.29 is 14.3 Å². The van der Waals surface area contributed by atoms with Crippen LogP contribution in [0.3, 0.4) is 0 Å². The number of carbonyl (C=O) groups is 2. The molecule has 0 radical (unpaired) electrons. The predicted molar refractivity (Wildman–Crippen MR) is 95.2 cm³/mol. The molecule has 1 aromatic carbocycles. The second-order valence-corrected chi connectivity index (χ2v) is 5.91. The average molecular weight is 341 g/mol. The van der Waals surface area contributed by atoms with Gasteiger partial charge in [-0.2, -0.15) is 0 Å². The van der Waals surface area contributed by atoms with E-state index in [-0.39, 0.29) is 30.8 Å². The Hall–Kier alpha value is -2.89. The van der Waals surface area contributed by atoms with Crippen LogP contribution in [0.2, 0.25) is 0 Å². The fraction of sp³-hybridized carbons (Fsp3) is 0.316. The van der Waals surface area contributed by atoms with E-state index in [4.69, 9.17) is 4.74 Å². The molecule has 0 bridgehead atoms. The maximum absolute atomic E-state index is 12.2. The van der Waals surface area contributed by atoms with Gasteiger partial charge in [0.2, 0.25) is 5.91 Å². The molecule has 0 spiro atoms. The van der Waals surface area contributed by atoms with E-state index in [9.17, 15) is 9.59 Å². The standard InChI is InChI=1S/C19H23N3O3/c1-14(2)22-18(23)8-10-21-19(24)16-6-3-7-17(11-16)25-13-15-5-4-9-20-12-15/h3-7,9,11-12,14H,8,10,13H2,1-2H3,(H,21,24)(H,22,23). The monoisotopic (exact) mass is 341 g/mol. The molecule has 0 aliphatic heterocycles. The third-order valence-corrected chi connectivity index (χ3v) is 3.31. The zero-order valence-corrected chi connectivity index (χ0v) is 14.5. The molecule has 1 heterocycles. The summed E-state index contributed by atoms with van der Waals surface area (Å²) < 4.78 is 5.69. The number of rotatable bonds is 8. The maximum atomic E-state index is 12.2. The quantitative estimate of drug-likeness (QED) is 0.772. The zero-order chi connectivity index (χ0) is 18.1. The van der Waals surface area contributed by atoms with Crippen LogP contribution in [0.5, 0.6) is 5.75 Å². The Kier molecular flexibility index (Phi) is 6.95. The van der Waals surface area contributed by atoms with Gasteiger partial charge in [-0.15, -0.1) is 0 Å². The van der Waals surface area contributed by atoms with E-state index in [1.54, 1.807) is 36.7 Å². The Bertz CT molecular complexity index is 702. The Morgan fingerprint density at radius 3 is 2.76 bits per heavy atom. The highest BCUT2D eigenvalue weighted by atomic mass is 16.5. The summed E-state index contributed by atoms with van der Waals surface area (Å²) in [6, 6.07) is 10.8. The highest BCUT2D eigenvalue weighted by Crippen LogP contribution is 2.15. The van der Waals surface area contributed by atoms with Gasteiger partial charge >= 0.3 is 0 Å². The van der Waals surface area contributed by atoms with Crippen molar-refractivity contribution in [1.82, 2.24) is 15.6 Å². The lowest BCUT2D eigenvalue weighted by Gasteiger charge is -2.10. The largest absolute Gasteiger partial charge is 0.489 e. The molecule has 25 heavy (non-hydrogen) atoms. The molecular formula is C19H23N3O3. The van der Waals surface area contributed by atoms with Gasteiger partial charge in [0.1, 0.15) is 12.4 Å². The van der Waals surface area contributed by atoms with Gasteiger partial charge in [0.15, 0.2) is 0 Å². The van der Waals surface area contributed by atoms with Crippen molar-refractivity contribution in [3.05, 3.63) is 59.9 Å². The van der Waals surface area contributed by atoms with Gasteiger partial charge < -0.3 is 15.4 Å². The van der Waals surface area contributed by atoms with Crippen molar-refractivity contribution in [1.29, 1.82) is 0 Å². The van der Waals surface area contributed by atoms with Crippen LogP contribution >= 0.6 is 0 Å². The van der Waals surface area contributed by atoms with E-state index in [1.807, 2.05) is 26.0 Å². The fourth-order valence-corrected chi connectivity index (χ4v) is 2.16. The summed E-state index contributed by atoms with van der Waals surface area (Å²) in [5.74, 6) is 0.294. The number of ether oxygens (including phenoxy) is 1. The second-order valence-electron chi connectivity index (χ2n) is 5.91. The van der Waals surface area contributed by atoms with Gasteiger partial charge in [0.05, 0.1) is 0 Å². The molecule has 2 aromatic rings. The molecule has 1 aromatic heterocycles. The van der Waals surface area contributed by atoms with Crippen molar-refractivity contribution in [2.75, 3.05) is 6.54 Å². The lowest BCUT2D eigenvalue weighted by molar-refractivity contribution is -0.121. The van der Waals surface area contributed by atoms with Crippen LogP contribution in [0.15, 0.2) is 48.8 Å². The number of nitrogens with zero attached hydrogens (tertiary/aromatic N) is 1. The number of amides is 2. The SMILES string of the molecule is CC(C)NC(=O)CCNC(=O)c1cccc(OCc2cccnc2)c1. The molecule has 0 unspecified atom stereocenters. The molecule has 2 amide bonds. The van der Waals surface area contributed by atoms with Gasteiger partial charge in [-0.3, -0.25) is 14.6 Å². The average Bonchev–Trinajstić information content (AvgIpc) is 2.60. The van der Waals surface area contributed by atoms with Crippen LogP contribution in [0.25, 0.3) is 0 Å². The molecule has 0 aliphatic rings. The molecule has 2 rings (SSSR count). The van der Waals surface area contributed by atoms with Gasteiger partial charge in [-0.05, 0) is 38.1 Å². The summed E-state index contributed by atoms with van der Waals surface area (Å²) >= 11 is 0. The van der Waals surface area contributed by atoms with Crippen molar-refractivity contribution in [3.8, 4) is 5.75 Å². The third-order valence-electron chi connectivity index (χ3n) is 3.31. The van der Waals surface area contributed by atoms with E-state index < -0.39 is 0 Å². The number of benzene rings is 1. The minimum Gasteiger partial charge on any atom is -0.489 e. The van der Waals surface area contributed by atoms with Crippen LogP contribution in [-0.2, 0) is 11.4 Å². The van der Waals surface area contributed by atoms with Crippen molar-refractivity contribution in [2.24, 2.45) is 0 Å². The van der Waals surface area contributed by atoms with Gasteiger partial charge in [0, 0.05) is 42.5 Å². The minimum absolute atomic E-state index is 0.0798. The lowest BCUT2D eigenvalue weighted by atomic mass is 10.2. The number of pyridine rings is 1. The first-order chi connectivity index (χ1) is 12.0. The van der Waals surface area contributed by atoms with Gasteiger partial charge in [-0.1, -0.05) is 12.1 Å². The summed E-state index contributed by atoms with van der Waals surface area (Å²) in [6.45, 7) is 4.47. The molecule has 6 heteroatoms. The maximum Gasteiger partial charge on any atom is 0.251 e. The molecule has 2 N–H and O–H groups in total. The molecule has 6 nitrogen and oxygen atoms in total. The van der Waals surface area contributed by atoms with Crippen molar-refractivity contribution in [3.63, 3.8) is 0 Å². The molecule has 0 saturated carbocycles. The Labute approximate surface area is 147 Å². The molecule has 0 atom stereocenters. The number of hydrogen-bond donors (Lipinski definition) is 2. The topological polar surface area (TPSA) is 80.3 Å². The van der Waals surface area contributed by atoms with Crippen LogP contribution in [-0.4, -0.2) is 29.4 Å². The molecule has 0 saturated heterocycles. The zero-order valence-electron chi connectivity index (χ0n) is 14.5. The smallest absolute Gasteiger partial charge is 0.251 e. The van der Waals surface area contributed by atoms with Gasteiger partial charge in [-0.25, -0.2) is 0 Å². The van der Waals surface area contributed by atoms with E-state index in [2.05, 4.69) is 15.6 Å². The first-order valence-corrected chi connectivity index (χ1v) is 8.24. The number of aromatic nitrogens is 1. The van der Waals surface area contributed by atoms with Crippen LogP contribution in [0.1, 0.15) is 36.2 Å². The minimum atomic E-state index is -0.232. The summed E-state index contributed by atoms with van der Waals surface area (Å²) in [4.78, 5) is 27.8. The Morgan fingerprint density at radius 1 is 1.20 bits per heavy atom. The molecule has 0 aliphatic carbocycles. The highest BCUT2D eigenvalue weighted by molar-refractivity contribution is 5.94. The third kappa shape index (κ3) is 6.63. The van der Waals surface area contributed by atoms with Crippen LogP contribution < -0.4 is 15.4 Å². The molecule has 0 fully saturated rings. The molecule has 132 valence electrons. The van der Waals surface area contributed by atoms with E-state index >= 15 is 0 Å². The molecular weight excluding hydrogens is 318 g/mol. The van der Waals surface area contributed by atoms with Crippen molar-refractivity contribution >= 4 is 11.8 Å². The first kappa shape index (κ1) is 18.4. The number of nitrogens with one attached hydrogen (secondary N) is 2. The normalized spacial score (nSPS) is 10.4. The first-order valence-electron chi connectivity index (χ1n) is 8.24. The highest BCUT2D eigenvalue weighted by Gasteiger charge is 2.08. The number of carbonyl (C=O) groups excluding carboxylic acids is 2. The predicted octanol–water partition coefficient (Wildman–Crippen LogP) is 2.31. The van der Waals surface area contributed by atoms with Crippen LogP contribution in [0, 0.1) is 0 Å². The fourth-order valence-electron chi connectivity index (χ4n) is 2.16. The number of hydrogen-bond acceptors (Lipinski definition) is 4. The summed E-state index contributed by atoms with van der Waals surface area (Å²) in [7, 11) is 0. The summed E-state index contributed by atoms with van der Waals surface area (Å²) in [5, 5.41) is 5.52. The van der Waals surface area contributed by atoms with Crippen molar-refractivity contribution in [2.45, 2.75) is 32.9 Å². The van der Waals surface area contributed by atoms with Gasteiger partial charge in [0.25, 0.3) is 5.91 Å².